The lowest BCUT2D eigenvalue weighted by molar-refractivity contribution is 0.0697. The topological polar surface area (TPSA) is 87.7 Å². The van der Waals surface area contributed by atoms with Crippen LogP contribution >= 0.6 is 0 Å². The standard InChI is InChI=1S/C18H18N2O4/c1-24-16-4-2-3-13(11-16)9-10-19-18(23)20-12-14-5-7-15(8-6-14)17(21)22/h2-11H,12H2,1H3,(H,21,22)(H2,19,20,23)/b10-9+. The molecule has 0 unspecified atom stereocenters. The molecule has 0 bridgehead atoms. The number of urea groups is 1. The van der Waals surface area contributed by atoms with E-state index in [4.69, 9.17) is 9.84 Å². The van der Waals surface area contributed by atoms with E-state index in [-0.39, 0.29) is 11.6 Å². The second-order valence-electron chi connectivity index (χ2n) is 4.94. The number of hydrogen-bond donors (Lipinski definition) is 3. The maximum Gasteiger partial charge on any atom is 0.335 e. The van der Waals surface area contributed by atoms with Crippen molar-refractivity contribution in [3.8, 4) is 5.75 Å². The van der Waals surface area contributed by atoms with Crippen molar-refractivity contribution in [3.63, 3.8) is 0 Å². The summed E-state index contributed by atoms with van der Waals surface area (Å²) >= 11 is 0. The summed E-state index contributed by atoms with van der Waals surface area (Å²) in [7, 11) is 1.59. The third-order valence-corrected chi connectivity index (χ3v) is 3.24. The number of hydrogen-bond acceptors (Lipinski definition) is 3. The molecule has 3 N–H and O–H groups in total. The Labute approximate surface area is 139 Å². The molecule has 0 radical (unpaired) electrons. The van der Waals surface area contributed by atoms with Crippen LogP contribution in [0.4, 0.5) is 4.79 Å². The van der Waals surface area contributed by atoms with Gasteiger partial charge in [-0.1, -0.05) is 24.3 Å². The third kappa shape index (κ3) is 5.17. The fourth-order valence-corrected chi connectivity index (χ4v) is 1.96. The Hall–Kier alpha value is -3.28. The molecule has 0 atom stereocenters. The first-order valence-electron chi connectivity index (χ1n) is 7.25. The minimum atomic E-state index is -0.977. The highest BCUT2D eigenvalue weighted by Gasteiger charge is 2.02. The van der Waals surface area contributed by atoms with Gasteiger partial charge in [0, 0.05) is 12.7 Å². The van der Waals surface area contributed by atoms with Gasteiger partial charge in [-0.2, -0.15) is 0 Å². The Morgan fingerprint density at radius 1 is 1.17 bits per heavy atom. The molecular formula is C18H18N2O4. The third-order valence-electron chi connectivity index (χ3n) is 3.24. The molecule has 24 heavy (non-hydrogen) atoms. The van der Waals surface area contributed by atoms with E-state index >= 15 is 0 Å². The van der Waals surface area contributed by atoms with E-state index in [9.17, 15) is 9.59 Å². The quantitative estimate of drug-likeness (QED) is 0.762. The van der Waals surface area contributed by atoms with Gasteiger partial charge in [0.2, 0.25) is 0 Å². The molecule has 0 spiro atoms. The van der Waals surface area contributed by atoms with Gasteiger partial charge in [-0.15, -0.1) is 0 Å². The number of amides is 2. The van der Waals surface area contributed by atoms with Gasteiger partial charge in [-0.05, 0) is 41.5 Å². The number of aromatic carboxylic acids is 1. The summed E-state index contributed by atoms with van der Waals surface area (Å²) < 4.78 is 5.12. The van der Waals surface area contributed by atoms with Gasteiger partial charge < -0.3 is 20.5 Å². The van der Waals surface area contributed by atoms with E-state index in [1.165, 1.54) is 18.3 Å². The molecule has 0 aromatic heterocycles. The molecule has 124 valence electrons. The van der Waals surface area contributed by atoms with Gasteiger partial charge >= 0.3 is 12.0 Å². The van der Waals surface area contributed by atoms with Gasteiger partial charge in [0.1, 0.15) is 5.75 Å². The van der Waals surface area contributed by atoms with Crippen LogP contribution in [0.5, 0.6) is 5.75 Å². The highest BCUT2D eigenvalue weighted by Crippen LogP contribution is 2.13. The Morgan fingerprint density at radius 2 is 1.92 bits per heavy atom. The molecule has 0 saturated heterocycles. The van der Waals surface area contributed by atoms with Crippen molar-refractivity contribution < 1.29 is 19.4 Å². The molecule has 0 aliphatic carbocycles. The van der Waals surface area contributed by atoms with Crippen molar-refractivity contribution in [2.75, 3.05) is 7.11 Å². The van der Waals surface area contributed by atoms with Crippen LogP contribution in [0.15, 0.2) is 54.7 Å². The molecular weight excluding hydrogens is 308 g/mol. The van der Waals surface area contributed by atoms with E-state index in [2.05, 4.69) is 10.6 Å². The highest BCUT2D eigenvalue weighted by molar-refractivity contribution is 5.87. The lowest BCUT2D eigenvalue weighted by Gasteiger charge is -2.05. The maximum atomic E-state index is 11.7. The zero-order valence-corrected chi connectivity index (χ0v) is 13.2. The van der Waals surface area contributed by atoms with Crippen molar-refractivity contribution in [3.05, 3.63) is 71.4 Å². The van der Waals surface area contributed by atoms with Gasteiger partial charge in [0.25, 0.3) is 0 Å². The van der Waals surface area contributed by atoms with Crippen molar-refractivity contribution >= 4 is 18.1 Å². The van der Waals surface area contributed by atoms with E-state index in [0.29, 0.717) is 6.54 Å². The van der Waals surface area contributed by atoms with Gasteiger partial charge in [0.15, 0.2) is 0 Å². The molecule has 2 rings (SSSR count). The average molecular weight is 326 g/mol. The largest absolute Gasteiger partial charge is 0.497 e. The molecule has 6 nitrogen and oxygen atoms in total. The molecule has 0 saturated carbocycles. The van der Waals surface area contributed by atoms with Crippen molar-refractivity contribution in [2.24, 2.45) is 0 Å². The van der Waals surface area contributed by atoms with Crippen LogP contribution in [-0.2, 0) is 6.54 Å². The van der Waals surface area contributed by atoms with E-state index < -0.39 is 5.97 Å². The first-order chi connectivity index (χ1) is 11.6. The van der Waals surface area contributed by atoms with Crippen LogP contribution < -0.4 is 15.4 Å². The van der Waals surface area contributed by atoms with Crippen LogP contribution in [-0.4, -0.2) is 24.2 Å². The zero-order chi connectivity index (χ0) is 17.4. The van der Waals surface area contributed by atoms with E-state index in [1.807, 2.05) is 24.3 Å². The van der Waals surface area contributed by atoms with Gasteiger partial charge in [-0.3, -0.25) is 0 Å². The Kier molecular flexibility index (Phi) is 5.96. The second-order valence-corrected chi connectivity index (χ2v) is 4.94. The molecule has 2 aromatic carbocycles. The Bertz CT molecular complexity index is 739. The molecule has 0 fully saturated rings. The maximum absolute atomic E-state index is 11.7. The average Bonchev–Trinajstić information content (AvgIpc) is 2.60. The van der Waals surface area contributed by atoms with Crippen LogP contribution in [0.2, 0.25) is 0 Å². The number of methoxy groups -OCH3 is 1. The minimum Gasteiger partial charge on any atom is -0.497 e. The smallest absolute Gasteiger partial charge is 0.335 e. The number of carboxylic acids is 1. The summed E-state index contributed by atoms with van der Waals surface area (Å²) in [6, 6.07) is 13.4. The molecule has 0 aliphatic heterocycles. The molecule has 0 aliphatic rings. The summed E-state index contributed by atoms with van der Waals surface area (Å²) in [5.74, 6) is -0.235. The van der Waals surface area contributed by atoms with Crippen molar-refractivity contribution in [1.82, 2.24) is 10.6 Å². The van der Waals surface area contributed by atoms with Crippen molar-refractivity contribution in [1.29, 1.82) is 0 Å². The van der Waals surface area contributed by atoms with E-state index in [1.54, 1.807) is 25.3 Å². The molecule has 2 amide bonds. The first-order valence-corrected chi connectivity index (χ1v) is 7.25. The Balaban J connectivity index is 1.80. The predicted octanol–water partition coefficient (Wildman–Crippen LogP) is 2.86. The van der Waals surface area contributed by atoms with Crippen LogP contribution in [0, 0.1) is 0 Å². The lowest BCUT2D eigenvalue weighted by Crippen LogP contribution is -2.31. The highest BCUT2D eigenvalue weighted by atomic mass is 16.5. The van der Waals surface area contributed by atoms with Gasteiger partial charge in [0.05, 0.1) is 12.7 Å². The Morgan fingerprint density at radius 3 is 2.58 bits per heavy atom. The summed E-state index contributed by atoms with van der Waals surface area (Å²) in [6.07, 6.45) is 3.29. The fourth-order valence-electron chi connectivity index (χ4n) is 1.96. The molecule has 2 aromatic rings. The van der Waals surface area contributed by atoms with Crippen LogP contribution in [0.3, 0.4) is 0 Å². The summed E-state index contributed by atoms with van der Waals surface area (Å²) in [5, 5.41) is 14.1. The fraction of sp³-hybridized carbons (Fsp3) is 0.111. The number of carbonyl (C=O) groups excluding carboxylic acids is 1. The van der Waals surface area contributed by atoms with Crippen LogP contribution in [0.25, 0.3) is 6.08 Å². The molecule has 6 heteroatoms. The SMILES string of the molecule is COc1cccc(/C=C/NC(=O)NCc2ccc(C(=O)O)cc2)c1. The predicted molar refractivity (Wildman–Crippen MR) is 90.8 cm³/mol. The zero-order valence-electron chi connectivity index (χ0n) is 13.2. The summed E-state index contributed by atoms with van der Waals surface area (Å²) in [5.41, 5.74) is 1.93. The monoisotopic (exact) mass is 326 g/mol. The van der Waals surface area contributed by atoms with E-state index in [0.717, 1.165) is 16.9 Å². The molecule has 0 heterocycles. The number of carbonyl (C=O) groups is 2. The number of nitrogens with one attached hydrogen (secondary N) is 2. The first kappa shape index (κ1) is 17.1. The summed E-state index contributed by atoms with van der Waals surface area (Å²) in [4.78, 5) is 22.5. The number of benzene rings is 2. The number of ether oxygens (including phenoxy) is 1. The lowest BCUT2D eigenvalue weighted by atomic mass is 10.1. The van der Waals surface area contributed by atoms with Crippen molar-refractivity contribution in [2.45, 2.75) is 6.54 Å². The number of carboxylic acid groups (broad SMARTS) is 1. The second kappa shape index (κ2) is 8.38. The number of rotatable bonds is 6. The minimum absolute atomic E-state index is 0.212. The van der Waals surface area contributed by atoms with Gasteiger partial charge in [-0.25, -0.2) is 9.59 Å². The van der Waals surface area contributed by atoms with Crippen LogP contribution in [0.1, 0.15) is 21.5 Å². The summed E-state index contributed by atoms with van der Waals surface area (Å²) in [6.45, 7) is 0.304. The normalized spacial score (nSPS) is 10.4.